The van der Waals surface area contributed by atoms with Crippen molar-refractivity contribution in [1.82, 2.24) is 4.98 Å². The van der Waals surface area contributed by atoms with Crippen LogP contribution >= 0.6 is 15.9 Å². The molecule has 1 nitrogen and oxygen atoms in total. The Balaban J connectivity index is 1.88. The van der Waals surface area contributed by atoms with E-state index in [9.17, 15) is 0 Å². The quantitative estimate of drug-likeness (QED) is 0.725. The highest BCUT2D eigenvalue weighted by Crippen LogP contribution is 2.36. The maximum Gasteiger partial charge on any atom is 0.106 e. The first kappa shape index (κ1) is 11.0. The van der Waals surface area contributed by atoms with Gasteiger partial charge in [0.25, 0.3) is 0 Å². The maximum absolute atomic E-state index is 4.47. The molecule has 3 rings (SSSR count). The van der Waals surface area contributed by atoms with Gasteiger partial charge in [0.1, 0.15) is 4.60 Å². The third-order valence-corrected chi connectivity index (χ3v) is 3.94. The lowest BCUT2D eigenvalue weighted by Gasteiger charge is -2.25. The Morgan fingerprint density at radius 2 is 1.76 bits per heavy atom. The van der Waals surface area contributed by atoms with Crippen molar-refractivity contribution in [2.75, 3.05) is 0 Å². The molecule has 1 aromatic carbocycles. The van der Waals surface area contributed by atoms with Gasteiger partial charge in [0.2, 0.25) is 0 Å². The highest BCUT2D eigenvalue weighted by Gasteiger charge is 2.18. The van der Waals surface area contributed by atoms with Gasteiger partial charge >= 0.3 is 0 Å². The van der Waals surface area contributed by atoms with Gasteiger partial charge in [-0.05, 0) is 52.4 Å². The molecule has 0 aliphatic heterocycles. The Hall–Kier alpha value is -1.15. The van der Waals surface area contributed by atoms with E-state index in [4.69, 9.17) is 0 Å². The SMILES string of the molecule is Brc1cccc(-c2ccc(C3CCC3)cc2)n1. The van der Waals surface area contributed by atoms with Crippen LogP contribution < -0.4 is 0 Å². The Morgan fingerprint density at radius 3 is 2.35 bits per heavy atom. The molecule has 0 amide bonds. The van der Waals surface area contributed by atoms with Gasteiger partial charge < -0.3 is 0 Å². The summed E-state index contributed by atoms with van der Waals surface area (Å²) in [6.07, 6.45) is 4.10. The summed E-state index contributed by atoms with van der Waals surface area (Å²) >= 11 is 3.41. The molecule has 1 fully saturated rings. The van der Waals surface area contributed by atoms with E-state index in [0.717, 1.165) is 16.2 Å². The third-order valence-electron chi connectivity index (χ3n) is 3.50. The van der Waals surface area contributed by atoms with Gasteiger partial charge in [0.05, 0.1) is 5.69 Å². The van der Waals surface area contributed by atoms with Crippen LogP contribution in [0.25, 0.3) is 11.3 Å². The molecule has 17 heavy (non-hydrogen) atoms. The van der Waals surface area contributed by atoms with Gasteiger partial charge in [-0.2, -0.15) is 0 Å². The molecule has 1 saturated carbocycles. The van der Waals surface area contributed by atoms with Gasteiger partial charge in [-0.25, -0.2) is 4.98 Å². The summed E-state index contributed by atoms with van der Waals surface area (Å²) in [6, 6.07) is 14.9. The molecule has 0 N–H and O–H groups in total. The lowest BCUT2D eigenvalue weighted by atomic mass is 9.80. The monoisotopic (exact) mass is 287 g/mol. The van der Waals surface area contributed by atoms with Crippen molar-refractivity contribution in [1.29, 1.82) is 0 Å². The van der Waals surface area contributed by atoms with Crippen LogP contribution in [0.2, 0.25) is 0 Å². The first-order valence-corrected chi connectivity index (χ1v) is 6.85. The molecule has 2 aromatic rings. The summed E-state index contributed by atoms with van der Waals surface area (Å²) in [7, 11) is 0. The number of aromatic nitrogens is 1. The zero-order valence-corrected chi connectivity index (χ0v) is 11.2. The number of halogens is 1. The van der Waals surface area contributed by atoms with Crippen molar-refractivity contribution in [3.63, 3.8) is 0 Å². The molecule has 0 atom stereocenters. The fourth-order valence-corrected chi connectivity index (χ4v) is 2.58. The summed E-state index contributed by atoms with van der Waals surface area (Å²) in [5.41, 5.74) is 3.70. The van der Waals surface area contributed by atoms with Crippen molar-refractivity contribution in [2.24, 2.45) is 0 Å². The van der Waals surface area contributed by atoms with Crippen LogP contribution in [0.5, 0.6) is 0 Å². The normalized spacial score (nSPS) is 15.6. The maximum atomic E-state index is 4.47. The van der Waals surface area contributed by atoms with Crippen molar-refractivity contribution >= 4 is 15.9 Å². The number of nitrogens with zero attached hydrogens (tertiary/aromatic N) is 1. The minimum Gasteiger partial charge on any atom is -0.241 e. The van der Waals surface area contributed by atoms with Crippen molar-refractivity contribution in [3.05, 3.63) is 52.6 Å². The fraction of sp³-hybridized carbons (Fsp3) is 0.267. The Labute approximate surface area is 110 Å². The Kier molecular flexibility index (Phi) is 2.98. The molecule has 1 aliphatic carbocycles. The fourth-order valence-electron chi connectivity index (χ4n) is 2.24. The molecule has 0 saturated heterocycles. The van der Waals surface area contributed by atoms with Crippen LogP contribution in [0.4, 0.5) is 0 Å². The average Bonchev–Trinajstić information content (AvgIpc) is 2.28. The third kappa shape index (κ3) is 2.27. The number of hydrogen-bond acceptors (Lipinski definition) is 1. The summed E-state index contributed by atoms with van der Waals surface area (Å²) < 4.78 is 0.887. The first-order valence-electron chi connectivity index (χ1n) is 6.06. The number of benzene rings is 1. The molecule has 2 heteroatoms. The second-order valence-electron chi connectivity index (χ2n) is 4.60. The van der Waals surface area contributed by atoms with Crippen LogP contribution in [0.1, 0.15) is 30.7 Å². The second-order valence-corrected chi connectivity index (χ2v) is 5.41. The number of pyridine rings is 1. The first-order chi connectivity index (χ1) is 8.33. The van der Waals surface area contributed by atoms with Gasteiger partial charge in [0.15, 0.2) is 0 Å². The van der Waals surface area contributed by atoms with Crippen LogP contribution in [-0.4, -0.2) is 4.98 Å². The molecule has 1 aromatic heterocycles. The van der Waals surface area contributed by atoms with E-state index in [0.29, 0.717) is 0 Å². The van der Waals surface area contributed by atoms with Crippen molar-refractivity contribution < 1.29 is 0 Å². The van der Waals surface area contributed by atoms with E-state index < -0.39 is 0 Å². The zero-order valence-electron chi connectivity index (χ0n) is 9.57. The molecule has 0 radical (unpaired) electrons. The Morgan fingerprint density at radius 1 is 1.00 bits per heavy atom. The van der Waals surface area contributed by atoms with Crippen molar-refractivity contribution in [2.45, 2.75) is 25.2 Å². The minimum absolute atomic E-state index is 0.805. The standard InChI is InChI=1S/C15H14BrN/c16-15-6-2-5-14(17-15)13-9-7-12(8-10-13)11-3-1-4-11/h2,5-11H,1,3-4H2. The largest absolute Gasteiger partial charge is 0.241 e. The van der Waals surface area contributed by atoms with E-state index in [1.807, 2.05) is 18.2 Å². The highest BCUT2D eigenvalue weighted by molar-refractivity contribution is 9.10. The summed E-state index contributed by atoms with van der Waals surface area (Å²) in [5, 5.41) is 0. The summed E-state index contributed by atoms with van der Waals surface area (Å²) in [5.74, 6) is 0.805. The van der Waals surface area contributed by atoms with E-state index in [-0.39, 0.29) is 0 Å². The average molecular weight is 288 g/mol. The molecule has 0 unspecified atom stereocenters. The van der Waals surface area contributed by atoms with Gasteiger partial charge in [-0.3, -0.25) is 0 Å². The number of hydrogen-bond donors (Lipinski definition) is 0. The smallest absolute Gasteiger partial charge is 0.106 e. The lowest BCUT2D eigenvalue weighted by molar-refractivity contribution is 0.420. The van der Waals surface area contributed by atoms with E-state index in [1.54, 1.807) is 0 Å². The molecule has 0 bridgehead atoms. The summed E-state index contributed by atoms with van der Waals surface area (Å²) in [4.78, 5) is 4.47. The van der Waals surface area contributed by atoms with E-state index in [1.165, 1.54) is 30.4 Å². The topological polar surface area (TPSA) is 12.9 Å². The predicted molar refractivity (Wildman–Crippen MR) is 74.0 cm³/mol. The van der Waals surface area contributed by atoms with Gasteiger partial charge in [0, 0.05) is 5.56 Å². The Bertz CT molecular complexity index is 515. The lowest BCUT2D eigenvalue weighted by Crippen LogP contribution is -2.08. The molecular formula is C15H14BrN. The molecule has 86 valence electrons. The predicted octanol–water partition coefficient (Wildman–Crippen LogP) is 4.78. The van der Waals surface area contributed by atoms with Crippen molar-refractivity contribution in [3.8, 4) is 11.3 Å². The van der Waals surface area contributed by atoms with Gasteiger partial charge in [-0.1, -0.05) is 36.8 Å². The second kappa shape index (κ2) is 4.61. The van der Waals surface area contributed by atoms with Crippen LogP contribution in [0.3, 0.4) is 0 Å². The van der Waals surface area contributed by atoms with E-state index in [2.05, 4.69) is 45.2 Å². The van der Waals surface area contributed by atoms with Gasteiger partial charge in [-0.15, -0.1) is 0 Å². The summed E-state index contributed by atoms with van der Waals surface area (Å²) in [6.45, 7) is 0. The highest BCUT2D eigenvalue weighted by atomic mass is 79.9. The molecular weight excluding hydrogens is 274 g/mol. The number of rotatable bonds is 2. The zero-order chi connectivity index (χ0) is 11.7. The minimum atomic E-state index is 0.805. The molecule has 1 aliphatic rings. The molecule has 0 spiro atoms. The van der Waals surface area contributed by atoms with Crippen LogP contribution in [0, 0.1) is 0 Å². The van der Waals surface area contributed by atoms with E-state index >= 15 is 0 Å². The molecule has 1 heterocycles. The van der Waals surface area contributed by atoms with Crippen LogP contribution in [0.15, 0.2) is 47.1 Å². The van der Waals surface area contributed by atoms with Crippen LogP contribution in [-0.2, 0) is 0 Å².